The fraction of sp³-hybridized carbons (Fsp3) is 0.0417. The Kier molecular flexibility index (Phi) is 3.88. The van der Waals surface area contributed by atoms with Gasteiger partial charge in [0.1, 0.15) is 12.1 Å². The third-order valence-corrected chi connectivity index (χ3v) is 6.03. The van der Waals surface area contributed by atoms with Gasteiger partial charge in [0.2, 0.25) is 5.75 Å². The Morgan fingerprint density at radius 3 is 2.04 bits per heavy atom. The van der Waals surface area contributed by atoms with E-state index >= 15 is 0 Å². The lowest BCUT2D eigenvalue weighted by Crippen LogP contribution is -1.92. The standard InChI is InChI=1S/C24H19NO2S/c1-27(2)22-14-8-5-11-18(22)19-15-28-24(23(19)26)25-20-12-6-3-9-16(20)17-10-4-7-13-21(17)25/h3-15,26H,1H2,2H3. The van der Waals surface area contributed by atoms with Gasteiger partial charge in [-0.2, -0.15) is 0 Å². The van der Waals surface area contributed by atoms with Crippen LogP contribution in [-0.4, -0.2) is 16.8 Å². The number of aromatic hydroxyl groups is 1. The first-order valence-electron chi connectivity index (χ1n) is 9.01. The quantitative estimate of drug-likeness (QED) is 0.265. The van der Waals surface area contributed by atoms with Gasteiger partial charge in [-0.05, 0) is 25.3 Å². The van der Waals surface area contributed by atoms with Gasteiger partial charge < -0.3 is 9.47 Å². The second kappa shape index (κ2) is 6.43. The van der Waals surface area contributed by atoms with Gasteiger partial charge in [-0.25, -0.2) is 0 Å². The second-order valence-electron chi connectivity index (χ2n) is 6.81. The molecule has 0 aliphatic heterocycles. The molecule has 0 saturated carbocycles. The van der Waals surface area contributed by atoms with Crippen LogP contribution in [0, 0.1) is 7.11 Å². The lowest BCUT2D eigenvalue weighted by Gasteiger charge is -2.23. The van der Waals surface area contributed by atoms with Crippen LogP contribution in [0.4, 0.5) is 0 Å². The highest BCUT2D eigenvalue weighted by molar-refractivity contribution is 7.13. The number of hydrogen-bond donors (Lipinski definition) is 1. The van der Waals surface area contributed by atoms with Crippen molar-refractivity contribution in [3.05, 3.63) is 85.3 Å². The maximum absolute atomic E-state index is 11.2. The van der Waals surface area contributed by atoms with E-state index in [1.807, 2.05) is 48.9 Å². The van der Waals surface area contributed by atoms with Gasteiger partial charge in [0, 0.05) is 27.8 Å². The number of aromatic nitrogens is 1. The highest BCUT2D eigenvalue weighted by Gasteiger charge is 2.21. The van der Waals surface area contributed by atoms with Gasteiger partial charge in [0.15, 0.2) is 5.75 Å². The molecule has 5 aromatic rings. The van der Waals surface area contributed by atoms with E-state index in [-0.39, 0.29) is 5.75 Å². The van der Waals surface area contributed by atoms with Crippen LogP contribution < -0.4 is 0 Å². The zero-order valence-corrected chi connectivity index (χ0v) is 16.2. The van der Waals surface area contributed by atoms with Crippen molar-refractivity contribution in [3.8, 4) is 27.6 Å². The fourth-order valence-electron chi connectivity index (χ4n) is 3.83. The summed E-state index contributed by atoms with van der Waals surface area (Å²) in [6.07, 6.45) is 0. The molecule has 0 atom stereocenters. The van der Waals surface area contributed by atoms with Crippen LogP contribution in [0.5, 0.6) is 11.5 Å². The van der Waals surface area contributed by atoms with E-state index in [1.54, 1.807) is 11.3 Å². The summed E-state index contributed by atoms with van der Waals surface area (Å²) in [6, 6.07) is 24.5. The van der Waals surface area contributed by atoms with Crippen molar-refractivity contribution in [1.82, 2.24) is 4.57 Å². The minimum atomic E-state index is 0.284. The third-order valence-electron chi connectivity index (χ3n) is 5.08. The smallest absolute Gasteiger partial charge is 0.234 e. The van der Waals surface area contributed by atoms with E-state index in [4.69, 9.17) is 0 Å². The first-order chi connectivity index (χ1) is 13.7. The van der Waals surface area contributed by atoms with Gasteiger partial charge >= 0.3 is 0 Å². The fourth-order valence-corrected chi connectivity index (χ4v) is 4.82. The van der Waals surface area contributed by atoms with Crippen LogP contribution in [-0.2, 0) is 4.37 Å². The number of rotatable bonds is 3. The molecule has 4 heteroatoms. The summed E-state index contributed by atoms with van der Waals surface area (Å²) < 4.78 is 4.82. The van der Waals surface area contributed by atoms with E-state index in [0.717, 1.165) is 32.9 Å². The SMILES string of the molecule is [CH2-][O+](C)c1ccccc1-c1csc(-n2c3ccccc3c3ccccc32)c1O. The summed E-state index contributed by atoms with van der Waals surface area (Å²) in [6.45, 7) is 0. The van der Waals surface area contributed by atoms with Crippen LogP contribution in [0.2, 0.25) is 0 Å². The highest BCUT2D eigenvalue weighted by Crippen LogP contribution is 2.47. The first kappa shape index (κ1) is 16.9. The molecule has 3 aromatic carbocycles. The van der Waals surface area contributed by atoms with Crippen LogP contribution in [0.25, 0.3) is 37.9 Å². The molecule has 0 aliphatic rings. The minimum Gasteiger partial charge on any atom is -0.713 e. The molecule has 0 saturated heterocycles. The summed E-state index contributed by atoms with van der Waals surface area (Å²) in [5.74, 6) is 1.18. The van der Waals surface area contributed by atoms with E-state index < -0.39 is 0 Å². The maximum atomic E-state index is 11.2. The molecule has 28 heavy (non-hydrogen) atoms. The van der Waals surface area contributed by atoms with Crippen molar-refractivity contribution in [1.29, 1.82) is 0 Å². The first-order valence-corrected chi connectivity index (χ1v) is 9.89. The average Bonchev–Trinajstić information content (AvgIpc) is 3.25. The molecule has 0 aliphatic carbocycles. The topological polar surface area (TPSA) is 27.9 Å². The number of fused-ring (bicyclic) bond motifs is 3. The summed E-state index contributed by atoms with van der Waals surface area (Å²) in [7, 11) is 5.76. The Labute approximate surface area is 167 Å². The largest absolute Gasteiger partial charge is 0.713 e. The number of benzene rings is 3. The summed E-state index contributed by atoms with van der Waals surface area (Å²) in [5, 5.41) is 16.4. The number of nitrogens with zero attached hydrogens (tertiary/aromatic N) is 1. The van der Waals surface area contributed by atoms with Crippen molar-refractivity contribution in [2.75, 3.05) is 7.11 Å². The Balaban J connectivity index is 1.80. The van der Waals surface area contributed by atoms with Crippen molar-refractivity contribution >= 4 is 33.1 Å². The molecule has 0 radical (unpaired) electrons. The number of para-hydroxylation sites is 3. The monoisotopic (exact) mass is 385 g/mol. The van der Waals surface area contributed by atoms with Gasteiger partial charge in [-0.3, -0.25) is 4.57 Å². The van der Waals surface area contributed by atoms with Crippen molar-refractivity contribution in [2.24, 2.45) is 0 Å². The van der Waals surface area contributed by atoms with Gasteiger partial charge in [-0.1, -0.05) is 48.5 Å². The number of thiophene rings is 1. The molecule has 0 unspecified atom stereocenters. The molecule has 0 fully saturated rings. The minimum absolute atomic E-state index is 0.284. The third kappa shape index (κ3) is 2.42. The van der Waals surface area contributed by atoms with Crippen LogP contribution in [0.3, 0.4) is 0 Å². The maximum Gasteiger partial charge on any atom is 0.234 e. The lowest BCUT2D eigenvalue weighted by atomic mass is 10.1. The average molecular weight is 385 g/mol. The molecule has 138 valence electrons. The molecule has 5 rings (SSSR count). The molecule has 0 amide bonds. The van der Waals surface area contributed by atoms with Crippen LogP contribution in [0.15, 0.2) is 78.2 Å². The van der Waals surface area contributed by atoms with Gasteiger partial charge in [-0.15, -0.1) is 11.3 Å². The molecule has 1 N–H and O–H groups in total. The normalized spacial score (nSPS) is 11.4. The van der Waals surface area contributed by atoms with E-state index in [1.165, 1.54) is 10.8 Å². The Morgan fingerprint density at radius 1 is 0.821 bits per heavy atom. The Hall–Kier alpha value is -3.24. The van der Waals surface area contributed by atoms with Crippen molar-refractivity contribution in [3.63, 3.8) is 0 Å². The predicted molar refractivity (Wildman–Crippen MR) is 118 cm³/mol. The summed E-state index contributed by atoms with van der Waals surface area (Å²) in [4.78, 5) is 0. The van der Waals surface area contributed by atoms with E-state index in [2.05, 4.69) is 52.4 Å². The lowest BCUT2D eigenvalue weighted by molar-refractivity contribution is 0.0927. The molecule has 2 heterocycles. The zero-order chi connectivity index (χ0) is 19.3. The predicted octanol–water partition coefficient (Wildman–Crippen LogP) is 6.90. The van der Waals surface area contributed by atoms with Gasteiger partial charge in [0.25, 0.3) is 0 Å². The van der Waals surface area contributed by atoms with Crippen molar-refractivity contribution in [2.45, 2.75) is 0 Å². The van der Waals surface area contributed by atoms with E-state index in [9.17, 15) is 5.11 Å². The molecule has 0 bridgehead atoms. The Bertz CT molecular complexity index is 1260. The molecule has 0 spiro atoms. The van der Waals surface area contributed by atoms with Crippen LogP contribution in [0.1, 0.15) is 0 Å². The molecular formula is C24H19NO2S. The van der Waals surface area contributed by atoms with Crippen LogP contribution >= 0.6 is 11.3 Å². The molecule has 2 aromatic heterocycles. The summed E-state index contributed by atoms with van der Waals surface area (Å²) >= 11 is 1.54. The Morgan fingerprint density at radius 2 is 1.39 bits per heavy atom. The zero-order valence-electron chi connectivity index (χ0n) is 15.4. The number of hydrogen-bond acceptors (Lipinski definition) is 2. The molecular weight excluding hydrogens is 366 g/mol. The van der Waals surface area contributed by atoms with Crippen molar-refractivity contribution < 1.29 is 9.47 Å². The highest BCUT2D eigenvalue weighted by atomic mass is 32.1. The van der Waals surface area contributed by atoms with E-state index in [0.29, 0.717) is 0 Å². The van der Waals surface area contributed by atoms with Gasteiger partial charge in [0.05, 0.1) is 16.6 Å². The summed E-state index contributed by atoms with van der Waals surface area (Å²) in [5.41, 5.74) is 3.92. The molecule has 3 nitrogen and oxygen atoms in total. The second-order valence-corrected chi connectivity index (χ2v) is 7.66.